The molecule has 82 valence electrons. The fourth-order valence-electron chi connectivity index (χ4n) is 1.27. The van der Waals surface area contributed by atoms with Crippen LogP contribution in [-0.4, -0.2) is 9.97 Å². The summed E-state index contributed by atoms with van der Waals surface area (Å²) in [4.78, 5) is 8.28. The van der Waals surface area contributed by atoms with Gasteiger partial charge in [-0.3, -0.25) is 0 Å². The van der Waals surface area contributed by atoms with Gasteiger partial charge in [0, 0.05) is 12.4 Å². The Hall–Kier alpha value is -1.42. The first kappa shape index (κ1) is 11.1. The molecule has 0 radical (unpaired) electrons. The number of benzene rings is 1. The van der Waals surface area contributed by atoms with Crippen LogP contribution in [0.15, 0.2) is 41.1 Å². The van der Waals surface area contributed by atoms with Crippen molar-refractivity contribution in [3.05, 3.63) is 52.5 Å². The maximum atomic E-state index is 5.62. The number of rotatable bonds is 3. The molecule has 0 spiro atoms. The molecule has 0 amide bonds. The van der Waals surface area contributed by atoms with Crippen molar-refractivity contribution >= 4 is 15.9 Å². The van der Waals surface area contributed by atoms with Crippen molar-refractivity contribution in [2.75, 3.05) is 0 Å². The maximum absolute atomic E-state index is 5.62. The standard InChI is InChI=1S/C12H11BrN2O/c1-9-4-2-3-5-11(9)16-8-12-14-6-10(13)7-15-12/h2-7H,8H2,1H3. The van der Waals surface area contributed by atoms with E-state index in [1.54, 1.807) is 12.4 Å². The van der Waals surface area contributed by atoms with Crippen LogP contribution in [0.1, 0.15) is 11.4 Å². The van der Waals surface area contributed by atoms with Gasteiger partial charge in [-0.05, 0) is 34.5 Å². The van der Waals surface area contributed by atoms with Crippen molar-refractivity contribution < 1.29 is 4.74 Å². The van der Waals surface area contributed by atoms with E-state index >= 15 is 0 Å². The van der Waals surface area contributed by atoms with Gasteiger partial charge in [0.05, 0.1) is 4.47 Å². The van der Waals surface area contributed by atoms with Crippen LogP contribution in [0.4, 0.5) is 0 Å². The SMILES string of the molecule is Cc1ccccc1OCc1ncc(Br)cn1. The lowest BCUT2D eigenvalue weighted by Gasteiger charge is -2.07. The molecule has 2 aromatic rings. The monoisotopic (exact) mass is 278 g/mol. The van der Waals surface area contributed by atoms with Crippen molar-refractivity contribution in [1.29, 1.82) is 0 Å². The molecule has 0 aliphatic heterocycles. The molecule has 0 saturated carbocycles. The predicted molar refractivity (Wildman–Crippen MR) is 65.2 cm³/mol. The number of halogens is 1. The lowest BCUT2D eigenvalue weighted by molar-refractivity contribution is 0.293. The second kappa shape index (κ2) is 5.07. The third-order valence-corrected chi connectivity index (χ3v) is 2.53. The van der Waals surface area contributed by atoms with Crippen LogP contribution in [0.25, 0.3) is 0 Å². The molecule has 1 aromatic carbocycles. The van der Waals surface area contributed by atoms with E-state index in [1.807, 2.05) is 31.2 Å². The van der Waals surface area contributed by atoms with E-state index in [-0.39, 0.29) is 0 Å². The van der Waals surface area contributed by atoms with Gasteiger partial charge in [0.15, 0.2) is 5.82 Å². The van der Waals surface area contributed by atoms with Crippen LogP contribution in [0.3, 0.4) is 0 Å². The number of para-hydroxylation sites is 1. The van der Waals surface area contributed by atoms with Crippen LogP contribution in [0.5, 0.6) is 5.75 Å². The Labute approximate surface area is 103 Å². The molecule has 0 fully saturated rings. The Balaban J connectivity index is 2.02. The zero-order chi connectivity index (χ0) is 11.4. The predicted octanol–water partition coefficient (Wildman–Crippen LogP) is 3.13. The van der Waals surface area contributed by atoms with Gasteiger partial charge < -0.3 is 4.74 Å². The third kappa shape index (κ3) is 2.79. The summed E-state index contributed by atoms with van der Waals surface area (Å²) < 4.78 is 6.49. The highest BCUT2D eigenvalue weighted by Gasteiger charge is 2.00. The first-order chi connectivity index (χ1) is 7.75. The molecule has 0 atom stereocenters. The van der Waals surface area contributed by atoms with Gasteiger partial charge in [0.1, 0.15) is 12.4 Å². The number of aromatic nitrogens is 2. The van der Waals surface area contributed by atoms with Crippen molar-refractivity contribution in [2.45, 2.75) is 13.5 Å². The molecule has 1 heterocycles. The zero-order valence-electron chi connectivity index (χ0n) is 8.85. The number of hydrogen-bond acceptors (Lipinski definition) is 3. The molecule has 0 aliphatic carbocycles. The van der Waals surface area contributed by atoms with Gasteiger partial charge in [-0.2, -0.15) is 0 Å². The molecule has 0 saturated heterocycles. The molecule has 3 nitrogen and oxygen atoms in total. The first-order valence-corrected chi connectivity index (χ1v) is 5.70. The van der Waals surface area contributed by atoms with Gasteiger partial charge in [-0.15, -0.1) is 0 Å². The normalized spacial score (nSPS) is 10.1. The Morgan fingerprint density at radius 1 is 1.19 bits per heavy atom. The second-order valence-electron chi connectivity index (χ2n) is 3.37. The van der Waals surface area contributed by atoms with Gasteiger partial charge >= 0.3 is 0 Å². The lowest BCUT2D eigenvalue weighted by Crippen LogP contribution is -2.01. The minimum atomic E-state index is 0.387. The number of nitrogens with zero attached hydrogens (tertiary/aromatic N) is 2. The summed E-state index contributed by atoms with van der Waals surface area (Å²) in [6.45, 7) is 2.40. The first-order valence-electron chi connectivity index (χ1n) is 4.90. The van der Waals surface area contributed by atoms with Crippen molar-refractivity contribution in [3.8, 4) is 5.75 Å². The lowest BCUT2D eigenvalue weighted by atomic mass is 10.2. The number of aryl methyl sites for hydroxylation is 1. The van der Waals surface area contributed by atoms with Gasteiger partial charge in [0.2, 0.25) is 0 Å². The van der Waals surface area contributed by atoms with Crippen LogP contribution < -0.4 is 4.74 Å². The van der Waals surface area contributed by atoms with Crippen molar-refractivity contribution in [3.63, 3.8) is 0 Å². The second-order valence-corrected chi connectivity index (χ2v) is 4.29. The molecular weight excluding hydrogens is 268 g/mol. The maximum Gasteiger partial charge on any atom is 0.166 e. The van der Waals surface area contributed by atoms with Crippen LogP contribution in [-0.2, 0) is 6.61 Å². The van der Waals surface area contributed by atoms with E-state index in [4.69, 9.17) is 4.74 Å². The Bertz CT molecular complexity index is 471. The van der Waals surface area contributed by atoms with E-state index < -0.39 is 0 Å². The van der Waals surface area contributed by atoms with Gasteiger partial charge in [0.25, 0.3) is 0 Å². The van der Waals surface area contributed by atoms with E-state index in [1.165, 1.54) is 0 Å². The summed E-state index contributed by atoms with van der Waals surface area (Å²) >= 11 is 3.29. The van der Waals surface area contributed by atoms with E-state index in [0.29, 0.717) is 12.4 Å². The highest BCUT2D eigenvalue weighted by Crippen LogP contribution is 2.17. The summed E-state index contributed by atoms with van der Waals surface area (Å²) in [6, 6.07) is 7.88. The number of hydrogen-bond donors (Lipinski definition) is 0. The van der Waals surface area contributed by atoms with Crippen molar-refractivity contribution in [2.24, 2.45) is 0 Å². The van der Waals surface area contributed by atoms with E-state index in [2.05, 4.69) is 25.9 Å². The Morgan fingerprint density at radius 3 is 2.56 bits per heavy atom. The van der Waals surface area contributed by atoms with Gasteiger partial charge in [-0.25, -0.2) is 9.97 Å². The topological polar surface area (TPSA) is 35.0 Å². The minimum absolute atomic E-state index is 0.387. The molecule has 2 rings (SSSR count). The molecule has 16 heavy (non-hydrogen) atoms. The molecule has 0 bridgehead atoms. The fraction of sp³-hybridized carbons (Fsp3) is 0.167. The Kier molecular flexibility index (Phi) is 3.51. The summed E-state index contributed by atoms with van der Waals surface area (Å²) in [5, 5.41) is 0. The van der Waals surface area contributed by atoms with Crippen molar-refractivity contribution in [1.82, 2.24) is 9.97 Å². The van der Waals surface area contributed by atoms with Crippen LogP contribution in [0.2, 0.25) is 0 Å². The number of ether oxygens (including phenoxy) is 1. The van der Waals surface area contributed by atoms with E-state index in [0.717, 1.165) is 15.8 Å². The minimum Gasteiger partial charge on any atom is -0.485 e. The van der Waals surface area contributed by atoms with Crippen LogP contribution in [0, 0.1) is 6.92 Å². The molecule has 0 unspecified atom stereocenters. The highest BCUT2D eigenvalue weighted by atomic mass is 79.9. The zero-order valence-corrected chi connectivity index (χ0v) is 10.4. The fourth-order valence-corrected chi connectivity index (χ4v) is 1.48. The molecule has 0 aliphatic rings. The average Bonchev–Trinajstić information content (AvgIpc) is 2.30. The average molecular weight is 279 g/mol. The third-order valence-electron chi connectivity index (χ3n) is 2.12. The molecule has 0 N–H and O–H groups in total. The van der Waals surface area contributed by atoms with Gasteiger partial charge in [-0.1, -0.05) is 18.2 Å². The summed E-state index contributed by atoms with van der Waals surface area (Å²) in [5.41, 5.74) is 1.11. The molecule has 4 heteroatoms. The summed E-state index contributed by atoms with van der Waals surface area (Å²) in [6.07, 6.45) is 3.42. The van der Waals surface area contributed by atoms with Crippen LogP contribution >= 0.6 is 15.9 Å². The largest absolute Gasteiger partial charge is 0.485 e. The highest BCUT2D eigenvalue weighted by molar-refractivity contribution is 9.10. The summed E-state index contributed by atoms with van der Waals surface area (Å²) in [5.74, 6) is 1.54. The Morgan fingerprint density at radius 2 is 1.88 bits per heavy atom. The summed E-state index contributed by atoms with van der Waals surface area (Å²) in [7, 11) is 0. The molecule has 1 aromatic heterocycles. The quantitative estimate of drug-likeness (QED) is 0.865. The smallest absolute Gasteiger partial charge is 0.166 e. The van der Waals surface area contributed by atoms with E-state index in [9.17, 15) is 0 Å². The molecular formula is C12H11BrN2O.